The molecule has 0 saturated heterocycles. The maximum atomic E-state index is 12.9. The normalized spacial score (nSPS) is 17.2. The van der Waals surface area contributed by atoms with Crippen LogP contribution in [0.15, 0.2) is 41.7 Å². The zero-order chi connectivity index (χ0) is 17.5. The molecule has 2 aliphatic carbocycles. The summed E-state index contributed by atoms with van der Waals surface area (Å²) in [6.07, 6.45) is 7.27. The number of aryl methyl sites for hydroxylation is 2. The van der Waals surface area contributed by atoms with Crippen molar-refractivity contribution in [1.82, 2.24) is 15.3 Å². The average Bonchev–Trinajstić information content (AvgIpc) is 3.23. The summed E-state index contributed by atoms with van der Waals surface area (Å²) in [4.78, 5) is 24.5. The first-order valence-corrected chi connectivity index (χ1v) is 10.8. The first kappa shape index (κ1) is 16.3. The van der Waals surface area contributed by atoms with Crippen molar-refractivity contribution in [2.75, 3.05) is 0 Å². The number of amides is 1. The number of nitrogens with one attached hydrogen (secondary N) is 1. The van der Waals surface area contributed by atoms with Gasteiger partial charge in [0.1, 0.15) is 21.4 Å². The molecule has 3 aromatic rings. The minimum atomic E-state index is -0.285. The van der Waals surface area contributed by atoms with E-state index < -0.39 is 0 Å². The van der Waals surface area contributed by atoms with Gasteiger partial charge in [-0.1, -0.05) is 42.1 Å². The molecule has 132 valence electrons. The van der Waals surface area contributed by atoms with Crippen molar-refractivity contribution in [2.45, 2.75) is 48.4 Å². The Bertz CT molecular complexity index is 966. The summed E-state index contributed by atoms with van der Waals surface area (Å²) in [5.41, 5.74) is 2.43. The van der Waals surface area contributed by atoms with Crippen LogP contribution in [0.5, 0.6) is 0 Å². The smallest absolute Gasteiger partial charge is 0.238 e. The lowest BCUT2D eigenvalue weighted by atomic mass is 10.1. The van der Waals surface area contributed by atoms with Gasteiger partial charge < -0.3 is 5.32 Å². The highest BCUT2D eigenvalue weighted by Gasteiger charge is 2.30. The van der Waals surface area contributed by atoms with E-state index >= 15 is 0 Å². The molecule has 0 aliphatic heterocycles. The number of benzene rings is 1. The lowest BCUT2D eigenvalue weighted by Crippen LogP contribution is -2.29. The molecule has 1 fully saturated rings. The summed E-state index contributed by atoms with van der Waals surface area (Å²) in [7, 11) is 0. The van der Waals surface area contributed by atoms with Gasteiger partial charge in [0.2, 0.25) is 5.91 Å². The summed E-state index contributed by atoms with van der Waals surface area (Å²) in [5.74, 6) is 0.0855. The Balaban J connectivity index is 1.54. The second kappa shape index (κ2) is 6.67. The molecule has 1 amide bonds. The number of thiophene rings is 1. The van der Waals surface area contributed by atoms with E-state index in [-0.39, 0.29) is 11.2 Å². The molecule has 4 nitrogen and oxygen atoms in total. The Morgan fingerprint density at radius 3 is 2.85 bits per heavy atom. The van der Waals surface area contributed by atoms with Crippen LogP contribution in [0.4, 0.5) is 0 Å². The van der Waals surface area contributed by atoms with Gasteiger partial charge in [0.15, 0.2) is 0 Å². The van der Waals surface area contributed by atoms with Gasteiger partial charge in [-0.25, -0.2) is 9.97 Å². The van der Waals surface area contributed by atoms with Crippen LogP contribution in [0.1, 0.15) is 40.5 Å². The van der Waals surface area contributed by atoms with Crippen LogP contribution >= 0.6 is 23.1 Å². The van der Waals surface area contributed by atoms with Crippen LogP contribution in [-0.2, 0) is 17.6 Å². The van der Waals surface area contributed by atoms with E-state index in [0.29, 0.717) is 6.04 Å². The molecule has 0 spiro atoms. The molecule has 1 atom stereocenters. The molecular formula is C20H19N3OS2. The van der Waals surface area contributed by atoms with Crippen molar-refractivity contribution in [3.63, 3.8) is 0 Å². The van der Waals surface area contributed by atoms with Crippen LogP contribution in [0.2, 0.25) is 0 Å². The summed E-state index contributed by atoms with van der Waals surface area (Å²) in [6, 6.07) is 10.4. The maximum Gasteiger partial charge on any atom is 0.238 e. The van der Waals surface area contributed by atoms with Gasteiger partial charge in [-0.05, 0) is 43.2 Å². The van der Waals surface area contributed by atoms with Gasteiger partial charge in [0, 0.05) is 16.3 Å². The van der Waals surface area contributed by atoms with Gasteiger partial charge in [0.05, 0.1) is 0 Å². The molecule has 1 saturated carbocycles. The van der Waals surface area contributed by atoms with E-state index in [1.54, 1.807) is 29.4 Å². The Kier molecular flexibility index (Phi) is 4.17. The predicted octanol–water partition coefficient (Wildman–Crippen LogP) is 4.29. The minimum Gasteiger partial charge on any atom is -0.352 e. The number of aromatic nitrogens is 2. The monoisotopic (exact) mass is 381 g/mol. The van der Waals surface area contributed by atoms with Crippen LogP contribution in [0.25, 0.3) is 10.2 Å². The predicted molar refractivity (Wildman–Crippen MR) is 106 cm³/mol. The third-order valence-electron chi connectivity index (χ3n) is 4.96. The molecule has 1 aromatic carbocycles. The second-order valence-corrected chi connectivity index (χ2v) is 9.09. The number of rotatable bonds is 5. The number of carbonyl (C=O) groups excluding carboxylic acids is 1. The van der Waals surface area contributed by atoms with Crippen molar-refractivity contribution in [1.29, 1.82) is 0 Å². The third kappa shape index (κ3) is 3.01. The van der Waals surface area contributed by atoms with E-state index in [1.165, 1.54) is 22.2 Å². The quantitative estimate of drug-likeness (QED) is 0.529. The number of nitrogens with zero attached hydrogens (tertiary/aromatic N) is 2. The SMILES string of the molecule is O=C(NC1CC1)C(Sc1ncnc2sc3c(c12)CCC3)c1ccccc1. The summed E-state index contributed by atoms with van der Waals surface area (Å²) in [5, 5.41) is 5.00. The molecule has 6 heteroatoms. The first-order valence-electron chi connectivity index (χ1n) is 9.07. The minimum absolute atomic E-state index is 0.0855. The molecule has 2 aromatic heterocycles. The molecule has 5 rings (SSSR count). The number of fused-ring (bicyclic) bond motifs is 3. The van der Waals surface area contributed by atoms with Gasteiger partial charge in [-0.2, -0.15) is 0 Å². The molecule has 1 N–H and O–H groups in total. The van der Waals surface area contributed by atoms with E-state index in [1.807, 2.05) is 30.3 Å². The lowest BCUT2D eigenvalue weighted by Gasteiger charge is -2.17. The third-order valence-corrected chi connectivity index (χ3v) is 7.41. The number of carbonyl (C=O) groups is 1. The van der Waals surface area contributed by atoms with Crippen LogP contribution in [0.3, 0.4) is 0 Å². The highest BCUT2D eigenvalue weighted by molar-refractivity contribution is 8.00. The molecule has 0 radical (unpaired) electrons. The first-order chi connectivity index (χ1) is 12.8. The Morgan fingerprint density at radius 1 is 1.19 bits per heavy atom. The Morgan fingerprint density at radius 2 is 2.04 bits per heavy atom. The van der Waals surface area contributed by atoms with E-state index in [4.69, 9.17) is 0 Å². The summed E-state index contributed by atoms with van der Waals surface area (Å²) in [6.45, 7) is 0. The zero-order valence-electron chi connectivity index (χ0n) is 14.3. The highest BCUT2D eigenvalue weighted by atomic mass is 32.2. The number of thioether (sulfide) groups is 1. The van der Waals surface area contributed by atoms with Crippen molar-refractivity contribution in [2.24, 2.45) is 0 Å². The lowest BCUT2D eigenvalue weighted by molar-refractivity contribution is -0.120. The van der Waals surface area contributed by atoms with E-state index in [2.05, 4.69) is 15.3 Å². The fourth-order valence-corrected chi connectivity index (χ4v) is 5.94. The van der Waals surface area contributed by atoms with Crippen LogP contribution in [-0.4, -0.2) is 21.9 Å². The van der Waals surface area contributed by atoms with Gasteiger partial charge in [-0.15, -0.1) is 11.3 Å². The molecule has 26 heavy (non-hydrogen) atoms. The van der Waals surface area contributed by atoms with Crippen LogP contribution in [0, 0.1) is 0 Å². The highest BCUT2D eigenvalue weighted by Crippen LogP contribution is 2.44. The van der Waals surface area contributed by atoms with Crippen molar-refractivity contribution >= 4 is 39.2 Å². The average molecular weight is 382 g/mol. The van der Waals surface area contributed by atoms with Crippen LogP contribution < -0.4 is 5.32 Å². The molecule has 1 unspecified atom stereocenters. The molecule has 0 bridgehead atoms. The molecule has 2 heterocycles. The largest absolute Gasteiger partial charge is 0.352 e. The Labute approximate surface area is 160 Å². The van der Waals surface area contributed by atoms with Gasteiger partial charge in [-0.3, -0.25) is 4.79 Å². The van der Waals surface area contributed by atoms with E-state index in [0.717, 1.165) is 41.1 Å². The topological polar surface area (TPSA) is 54.9 Å². The summed E-state index contributed by atoms with van der Waals surface area (Å²) < 4.78 is 0. The molecular weight excluding hydrogens is 362 g/mol. The van der Waals surface area contributed by atoms with Crippen molar-refractivity contribution in [3.05, 3.63) is 52.7 Å². The van der Waals surface area contributed by atoms with E-state index in [9.17, 15) is 4.79 Å². The van der Waals surface area contributed by atoms with Gasteiger partial charge >= 0.3 is 0 Å². The summed E-state index contributed by atoms with van der Waals surface area (Å²) >= 11 is 3.35. The zero-order valence-corrected chi connectivity index (χ0v) is 15.9. The number of hydrogen-bond acceptors (Lipinski definition) is 5. The second-order valence-electron chi connectivity index (χ2n) is 6.91. The van der Waals surface area contributed by atoms with Crippen molar-refractivity contribution in [3.8, 4) is 0 Å². The Hall–Kier alpha value is -1.92. The van der Waals surface area contributed by atoms with Crippen molar-refractivity contribution < 1.29 is 4.79 Å². The fraction of sp³-hybridized carbons (Fsp3) is 0.350. The van der Waals surface area contributed by atoms with Gasteiger partial charge in [0.25, 0.3) is 0 Å². The molecule has 2 aliphatic rings. The maximum absolute atomic E-state index is 12.9. The fourth-order valence-electron chi connectivity index (χ4n) is 3.51. The number of hydrogen-bond donors (Lipinski definition) is 1. The standard InChI is InChI=1S/C20H19N3OS2/c24-18(23-13-9-10-13)17(12-5-2-1-3-6-12)26-20-16-14-7-4-8-15(14)25-19(16)21-11-22-20/h1-3,5-6,11,13,17H,4,7-10H2,(H,23,24).